The fraction of sp³-hybridized carbons (Fsp3) is 0.300. The average molecular weight is 353 g/mol. The van der Waals surface area contributed by atoms with Crippen molar-refractivity contribution in [2.45, 2.75) is 31.8 Å². The van der Waals surface area contributed by atoms with E-state index in [1.807, 2.05) is 30.3 Å². The third kappa shape index (κ3) is 3.41. The van der Waals surface area contributed by atoms with Crippen LogP contribution in [0.5, 0.6) is 0 Å². The van der Waals surface area contributed by atoms with Crippen molar-refractivity contribution in [1.82, 2.24) is 10.8 Å². The molecule has 0 aliphatic carbocycles. The number of benzene rings is 2. The van der Waals surface area contributed by atoms with Gasteiger partial charge in [-0.2, -0.15) is 0 Å². The lowest BCUT2D eigenvalue weighted by molar-refractivity contribution is -0.119. The molecule has 136 valence electrons. The molecule has 0 radical (unpaired) electrons. The van der Waals surface area contributed by atoms with Crippen molar-refractivity contribution in [2.75, 3.05) is 11.4 Å². The first kappa shape index (κ1) is 17.9. The van der Waals surface area contributed by atoms with Crippen LogP contribution in [0.15, 0.2) is 54.6 Å². The normalized spacial score (nSPS) is 16.9. The fourth-order valence-electron chi connectivity index (χ4n) is 3.59. The molecule has 0 saturated carbocycles. The van der Waals surface area contributed by atoms with Crippen molar-refractivity contribution < 1.29 is 14.8 Å². The van der Waals surface area contributed by atoms with Crippen LogP contribution < -0.4 is 15.7 Å². The third-order valence-electron chi connectivity index (χ3n) is 4.91. The molecule has 2 aromatic carbocycles. The first-order valence-electron chi connectivity index (χ1n) is 8.59. The number of hydrogen-bond acceptors (Lipinski definition) is 4. The van der Waals surface area contributed by atoms with E-state index >= 15 is 0 Å². The minimum Gasteiger partial charge on any atom is -0.357 e. The summed E-state index contributed by atoms with van der Waals surface area (Å²) in [7, 11) is 0. The van der Waals surface area contributed by atoms with Gasteiger partial charge < -0.3 is 10.2 Å². The van der Waals surface area contributed by atoms with Gasteiger partial charge in [-0.25, -0.2) is 5.48 Å². The van der Waals surface area contributed by atoms with Crippen molar-refractivity contribution >= 4 is 17.5 Å². The van der Waals surface area contributed by atoms with Crippen LogP contribution in [0.2, 0.25) is 0 Å². The Morgan fingerprint density at radius 3 is 2.35 bits per heavy atom. The Bertz CT molecular complexity index is 788. The van der Waals surface area contributed by atoms with Crippen LogP contribution in [-0.2, 0) is 10.3 Å². The van der Waals surface area contributed by atoms with E-state index in [0.29, 0.717) is 18.5 Å². The Kier molecular flexibility index (Phi) is 4.95. The summed E-state index contributed by atoms with van der Waals surface area (Å²) in [5.41, 5.74) is 3.69. The maximum Gasteiger partial charge on any atom is 0.274 e. The summed E-state index contributed by atoms with van der Waals surface area (Å²) >= 11 is 0. The van der Waals surface area contributed by atoms with Crippen LogP contribution in [0.1, 0.15) is 36.2 Å². The summed E-state index contributed by atoms with van der Waals surface area (Å²) < 4.78 is 0. The zero-order valence-electron chi connectivity index (χ0n) is 14.9. The molecule has 1 fully saturated rings. The number of nitrogens with one attached hydrogen (secondary N) is 2. The SMILES string of the molecule is CC(C)(c1ccccc1)N(c1ccc(C(=O)NO)cc1)C1CNC(=O)C1. The predicted octanol–water partition coefficient (Wildman–Crippen LogP) is 2.44. The summed E-state index contributed by atoms with van der Waals surface area (Å²) in [5.74, 6) is -0.511. The highest BCUT2D eigenvalue weighted by atomic mass is 16.5. The van der Waals surface area contributed by atoms with Crippen molar-refractivity contribution in [3.05, 3.63) is 65.7 Å². The number of hydroxylamine groups is 1. The number of amides is 2. The molecule has 3 N–H and O–H groups in total. The standard InChI is InChI=1S/C20H23N3O3/c1-20(2,15-6-4-3-5-7-15)23(17-12-18(24)21-13-17)16-10-8-14(9-11-16)19(25)22-26/h3-11,17,26H,12-13H2,1-2H3,(H,21,24)(H,22,25). The number of nitrogens with zero attached hydrogens (tertiary/aromatic N) is 1. The maximum atomic E-state index is 11.8. The van der Waals surface area contributed by atoms with Gasteiger partial charge in [-0.1, -0.05) is 30.3 Å². The van der Waals surface area contributed by atoms with E-state index < -0.39 is 5.91 Å². The van der Waals surface area contributed by atoms with Crippen LogP contribution in [0.25, 0.3) is 0 Å². The summed E-state index contributed by atoms with van der Waals surface area (Å²) in [4.78, 5) is 25.6. The smallest absolute Gasteiger partial charge is 0.274 e. The second kappa shape index (κ2) is 7.17. The summed E-state index contributed by atoms with van der Waals surface area (Å²) in [6.07, 6.45) is 0.426. The Labute approximate surface area is 152 Å². The number of carbonyl (C=O) groups excluding carboxylic acids is 2. The van der Waals surface area contributed by atoms with E-state index in [1.54, 1.807) is 17.6 Å². The molecule has 2 amide bonds. The van der Waals surface area contributed by atoms with Crippen LogP contribution in [0, 0.1) is 0 Å². The number of anilines is 1. The zero-order valence-corrected chi connectivity index (χ0v) is 14.9. The van der Waals surface area contributed by atoms with Gasteiger partial charge in [0, 0.05) is 24.2 Å². The van der Waals surface area contributed by atoms with Gasteiger partial charge in [-0.15, -0.1) is 0 Å². The van der Waals surface area contributed by atoms with E-state index in [4.69, 9.17) is 5.21 Å². The number of hydrogen-bond donors (Lipinski definition) is 3. The molecule has 1 atom stereocenters. The van der Waals surface area contributed by atoms with E-state index in [1.165, 1.54) is 0 Å². The lowest BCUT2D eigenvalue weighted by atomic mass is 9.89. The third-order valence-corrected chi connectivity index (χ3v) is 4.91. The molecule has 0 aromatic heterocycles. The van der Waals surface area contributed by atoms with Gasteiger partial charge in [0.15, 0.2) is 0 Å². The molecule has 1 aliphatic heterocycles. The highest BCUT2D eigenvalue weighted by Crippen LogP contribution is 2.36. The summed E-state index contributed by atoms with van der Waals surface area (Å²) in [6.45, 7) is 4.83. The van der Waals surface area contributed by atoms with Gasteiger partial charge in [-0.05, 0) is 43.7 Å². The van der Waals surface area contributed by atoms with Crippen LogP contribution in [-0.4, -0.2) is 29.6 Å². The molecule has 1 unspecified atom stereocenters. The van der Waals surface area contributed by atoms with E-state index in [0.717, 1.165) is 11.3 Å². The van der Waals surface area contributed by atoms with Crippen molar-refractivity contribution in [3.63, 3.8) is 0 Å². The lowest BCUT2D eigenvalue weighted by Gasteiger charge is -2.44. The molecule has 1 saturated heterocycles. The Morgan fingerprint density at radius 1 is 1.15 bits per heavy atom. The number of carbonyl (C=O) groups is 2. The Hall–Kier alpha value is -2.86. The molecule has 0 bridgehead atoms. The predicted molar refractivity (Wildman–Crippen MR) is 99.1 cm³/mol. The van der Waals surface area contributed by atoms with Gasteiger partial charge >= 0.3 is 0 Å². The van der Waals surface area contributed by atoms with Crippen molar-refractivity contribution in [2.24, 2.45) is 0 Å². The summed E-state index contributed by atoms with van der Waals surface area (Å²) in [6, 6.07) is 17.2. The molecule has 1 aliphatic rings. The van der Waals surface area contributed by atoms with Crippen molar-refractivity contribution in [1.29, 1.82) is 0 Å². The first-order chi connectivity index (χ1) is 12.4. The van der Waals surface area contributed by atoms with Crippen LogP contribution in [0.4, 0.5) is 5.69 Å². The van der Waals surface area contributed by atoms with Gasteiger partial charge in [0.1, 0.15) is 0 Å². The quantitative estimate of drug-likeness (QED) is 0.570. The molecular formula is C20H23N3O3. The lowest BCUT2D eigenvalue weighted by Crippen LogP contribution is -2.49. The average Bonchev–Trinajstić information content (AvgIpc) is 3.08. The molecule has 1 heterocycles. The minimum atomic E-state index is -0.553. The zero-order chi connectivity index (χ0) is 18.7. The maximum absolute atomic E-state index is 11.8. The van der Waals surface area contributed by atoms with E-state index in [-0.39, 0.29) is 17.5 Å². The monoisotopic (exact) mass is 353 g/mol. The Balaban J connectivity index is 2.01. The van der Waals surface area contributed by atoms with Crippen LogP contribution in [0.3, 0.4) is 0 Å². The molecule has 2 aromatic rings. The van der Waals surface area contributed by atoms with Gasteiger partial charge in [-0.3, -0.25) is 14.8 Å². The fourth-order valence-corrected chi connectivity index (χ4v) is 3.59. The second-order valence-corrected chi connectivity index (χ2v) is 6.94. The van der Waals surface area contributed by atoms with Gasteiger partial charge in [0.05, 0.1) is 11.6 Å². The van der Waals surface area contributed by atoms with E-state index in [2.05, 4.69) is 36.2 Å². The topological polar surface area (TPSA) is 81.7 Å². The number of rotatable bonds is 5. The summed E-state index contributed by atoms with van der Waals surface area (Å²) in [5, 5.41) is 11.7. The first-order valence-corrected chi connectivity index (χ1v) is 8.59. The minimum absolute atomic E-state index is 0.00947. The van der Waals surface area contributed by atoms with Gasteiger partial charge in [0.2, 0.25) is 5.91 Å². The molecule has 6 heteroatoms. The largest absolute Gasteiger partial charge is 0.357 e. The second-order valence-electron chi connectivity index (χ2n) is 6.94. The Morgan fingerprint density at radius 2 is 1.81 bits per heavy atom. The highest BCUT2D eigenvalue weighted by molar-refractivity contribution is 5.93. The molecule has 0 spiro atoms. The highest BCUT2D eigenvalue weighted by Gasteiger charge is 2.37. The molecule has 3 rings (SSSR count). The van der Waals surface area contributed by atoms with E-state index in [9.17, 15) is 9.59 Å². The van der Waals surface area contributed by atoms with Gasteiger partial charge in [0.25, 0.3) is 5.91 Å². The molecule has 26 heavy (non-hydrogen) atoms. The van der Waals surface area contributed by atoms with Crippen molar-refractivity contribution in [3.8, 4) is 0 Å². The molecule has 6 nitrogen and oxygen atoms in total. The van der Waals surface area contributed by atoms with Crippen LogP contribution >= 0.6 is 0 Å². The molecular weight excluding hydrogens is 330 g/mol.